The quantitative estimate of drug-likeness (QED) is 0.671. The van der Waals surface area contributed by atoms with Gasteiger partial charge in [-0.05, 0) is 36.8 Å². The van der Waals surface area contributed by atoms with Crippen LogP contribution in [0.2, 0.25) is 0 Å². The molecule has 2 aliphatic rings. The van der Waals surface area contributed by atoms with Gasteiger partial charge in [-0.2, -0.15) is 0 Å². The van der Waals surface area contributed by atoms with E-state index in [4.69, 9.17) is 0 Å². The fourth-order valence-electron chi connectivity index (χ4n) is 4.80. The number of benzene rings is 2. The number of carbonyl (C=O) groups excluding carboxylic acids is 2. The number of rotatable bonds is 4. The monoisotopic (exact) mass is 445 g/mol. The van der Waals surface area contributed by atoms with Crippen LogP contribution in [0.3, 0.4) is 0 Å². The maximum absolute atomic E-state index is 12.9. The molecule has 0 aliphatic carbocycles. The van der Waals surface area contributed by atoms with Crippen molar-refractivity contribution in [2.75, 3.05) is 63.8 Å². The van der Waals surface area contributed by atoms with Crippen LogP contribution in [0.5, 0.6) is 0 Å². The number of nitrogens with zero attached hydrogens (tertiary/aromatic N) is 4. The summed E-state index contributed by atoms with van der Waals surface area (Å²) in [5.74, 6) is 0.221. The van der Waals surface area contributed by atoms with Gasteiger partial charge >= 0.3 is 0 Å². The highest BCUT2D eigenvalue weighted by atomic mass is 16.2. The standard InChI is InChI=1S/C26H31N5O2/c1-20-5-4-7-22(17-20)29-13-15-30(16-14-29)25(32)19-28-9-11-31(12-10-28)26(33)24-18-21-6-2-3-8-23(21)27-24/h2-8,17-18,27H,9-16,19H2,1H3. The number of aromatic nitrogens is 1. The second-order valence-electron chi connectivity index (χ2n) is 9.05. The van der Waals surface area contributed by atoms with E-state index >= 15 is 0 Å². The molecule has 2 aromatic carbocycles. The van der Waals surface area contributed by atoms with Crippen LogP contribution in [0.1, 0.15) is 16.1 Å². The first-order chi connectivity index (χ1) is 16.1. The Morgan fingerprint density at radius 3 is 2.27 bits per heavy atom. The predicted molar refractivity (Wildman–Crippen MR) is 131 cm³/mol. The number of fused-ring (bicyclic) bond motifs is 1. The summed E-state index contributed by atoms with van der Waals surface area (Å²) >= 11 is 0. The lowest BCUT2D eigenvalue weighted by Crippen LogP contribution is -2.54. The molecule has 2 saturated heterocycles. The lowest BCUT2D eigenvalue weighted by molar-refractivity contribution is -0.133. The molecule has 0 unspecified atom stereocenters. The van der Waals surface area contributed by atoms with E-state index < -0.39 is 0 Å². The van der Waals surface area contributed by atoms with Crippen LogP contribution < -0.4 is 4.90 Å². The fraction of sp³-hybridized carbons (Fsp3) is 0.385. The molecule has 7 heteroatoms. The topological polar surface area (TPSA) is 62.9 Å². The Hall–Kier alpha value is -3.32. The van der Waals surface area contributed by atoms with Crippen molar-refractivity contribution in [2.24, 2.45) is 0 Å². The molecule has 2 fully saturated rings. The molecule has 172 valence electrons. The van der Waals surface area contributed by atoms with Gasteiger partial charge in [-0.25, -0.2) is 0 Å². The zero-order valence-electron chi connectivity index (χ0n) is 19.2. The molecular formula is C26H31N5O2. The van der Waals surface area contributed by atoms with Crippen molar-refractivity contribution in [1.82, 2.24) is 19.7 Å². The van der Waals surface area contributed by atoms with Crippen LogP contribution in [0.15, 0.2) is 54.6 Å². The van der Waals surface area contributed by atoms with Gasteiger partial charge < -0.3 is 19.7 Å². The molecule has 2 aliphatic heterocycles. The molecule has 1 aromatic heterocycles. The number of para-hydroxylation sites is 1. The SMILES string of the molecule is Cc1cccc(N2CCN(C(=O)CN3CCN(C(=O)c4cc5ccccc5[nH]4)CC3)CC2)c1. The molecule has 1 N–H and O–H groups in total. The minimum Gasteiger partial charge on any atom is -0.368 e. The van der Waals surface area contributed by atoms with Crippen LogP contribution in [0, 0.1) is 6.92 Å². The number of hydrogen-bond donors (Lipinski definition) is 1. The molecular weight excluding hydrogens is 414 g/mol. The van der Waals surface area contributed by atoms with E-state index in [1.54, 1.807) is 0 Å². The molecule has 0 spiro atoms. The summed E-state index contributed by atoms with van der Waals surface area (Å²) in [6, 6.07) is 18.4. The number of aromatic amines is 1. The average Bonchev–Trinajstić information content (AvgIpc) is 3.28. The molecule has 0 bridgehead atoms. The Balaban J connectivity index is 1.09. The molecule has 0 radical (unpaired) electrons. The summed E-state index contributed by atoms with van der Waals surface area (Å²) in [4.78, 5) is 37.4. The van der Waals surface area contributed by atoms with Gasteiger partial charge in [0.1, 0.15) is 5.69 Å². The molecule has 2 amide bonds. The van der Waals surface area contributed by atoms with E-state index in [-0.39, 0.29) is 11.8 Å². The van der Waals surface area contributed by atoms with Gasteiger partial charge in [0.25, 0.3) is 5.91 Å². The highest BCUT2D eigenvalue weighted by Crippen LogP contribution is 2.19. The minimum absolute atomic E-state index is 0.0319. The number of carbonyl (C=O) groups is 2. The highest BCUT2D eigenvalue weighted by molar-refractivity contribution is 5.98. The first kappa shape index (κ1) is 21.5. The van der Waals surface area contributed by atoms with E-state index in [2.05, 4.69) is 46.0 Å². The maximum atomic E-state index is 12.9. The van der Waals surface area contributed by atoms with Crippen LogP contribution in [-0.4, -0.2) is 90.4 Å². The van der Waals surface area contributed by atoms with Gasteiger partial charge in [-0.1, -0.05) is 30.3 Å². The van der Waals surface area contributed by atoms with Gasteiger partial charge in [0.15, 0.2) is 0 Å². The Kier molecular flexibility index (Phi) is 6.05. The Morgan fingerprint density at radius 1 is 0.818 bits per heavy atom. The van der Waals surface area contributed by atoms with Gasteiger partial charge in [-0.3, -0.25) is 14.5 Å². The number of piperazine rings is 2. The van der Waals surface area contributed by atoms with E-state index in [0.717, 1.165) is 50.2 Å². The van der Waals surface area contributed by atoms with Crippen LogP contribution in [-0.2, 0) is 4.79 Å². The van der Waals surface area contributed by atoms with Crippen LogP contribution in [0.4, 0.5) is 5.69 Å². The summed E-state index contributed by atoms with van der Waals surface area (Å²) in [6.45, 7) is 8.50. The van der Waals surface area contributed by atoms with E-state index in [9.17, 15) is 9.59 Å². The second kappa shape index (κ2) is 9.27. The normalized spacial score (nSPS) is 17.5. The van der Waals surface area contributed by atoms with Crippen molar-refractivity contribution in [3.63, 3.8) is 0 Å². The largest absolute Gasteiger partial charge is 0.368 e. The number of aryl methyl sites for hydroxylation is 1. The predicted octanol–water partition coefficient (Wildman–Crippen LogP) is 2.58. The smallest absolute Gasteiger partial charge is 0.270 e. The molecule has 0 saturated carbocycles. The number of H-pyrrole nitrogens is 1. The summed E-state index contributed by atoms with van der Waals surface area (Å²) < 4.78 is 0. The van der Waals surface area contributed by atoms with Gasteiger partial charge in [0.05, 0.1) is 6.54 Å². The van der Waals surface area contributed by atoms with Crippen molar-refractivity contribution in [2.45, 2.75) is 6.92 Å². The zero-order valence-corrected chi connectivity index (χ0v) is 19.2. The van der Waals surface area contributed by atoms with E-state index in [1.807, 2.05) is 40.1 Å². The summed E-state index contributed by atoms with van der Waals surface area (Å²) in [5.41, 5.74) is 4.10. The molecule has 7 nitrogen and oxygen atoms in total. The van der Waals surface area contributed by atoms with Crippen molar-refractivity contribution in [1.29, 1.82) is 0 Å². The van der Waals surface area contributed by atoms with E-state index in [0.29, 0.717) is 25.3 Å². The van der Waals surface area contributed by atoms with Crippen LogP contribution >= 0.6 is 0 Å². The number of nitrogens with one attached hydrogen (secondary N) is 1. The Morgan fingerprint density at radius 2 is 1.55 bits per heavy atom. The van der Waals surface area contributed by atoms with Gasteiger partial charge in [-0.15, -0.1) is 0 Å². The fourth-order valence-corrected chi connectivity index (χ4v) is 4.80. The first-order valence-corrected chi connectivity index (χ1v) is 11.8. The molecule has 5 rings (SSSR count). The van der Waals surface area contributed by atoms with Crippen molar-refractivity contribution in [3.8, 4) is 0 Å². The lowest BCUT2D eigenvalue weighted by Gasteiger charge is -2.38. The third-order valence-electron chi connectivity index (χ3n) is 6.78. The van der Waals surface area contributed by atoms with Gasteiger partial charge in [0.2, 0.25) is 5.91 Å². The van der Waals surface area contributed by atoms with E-state index in [1.165, 1.54) is 11.3 Å². The third kappa shape index (κ3) is 4.73. The Labute approximate surface area is 194 Å². The minimum atomic E-state index is 0.0319. The van der Waals surface area contributed by atoms with Crippen molar-refractivity contribution >= 4 is 28.4 Å². The Bertz CT molecular complexity index is 1110. The highest BCUT2D eigenvalue weighted by Gasteiger charge is 2.27. The van der Waals surface area contributed by atoms with Gasteiger partial charge in [0, 0.05) is 68.9 Å². The van der Waals surface area contributed by atoms with Crippen molar-refractivity contribution < 1.29 is 9.59 Å². The molecule has 3 heterocycles. The second-order valence-corrected chi connectivity index (χ2v) is 9.05. The lowest BCUT2D eigenvalue weighted by atomic mass is 10.2. The average molecular weight is 446 g/mol. The van der Waals surface area contributed by atoms with Crippen molar-refractivity contribution in [3.05, 3.63) is 65.9 Å². The summed E-state index contributed by atoms with van der Waals surface area (Å²) in [7, 11) is 0. The first-order valence-electron chi connectivity index (χ1n) is 11.8. The summed E-state index contributed by atoms with van der Waals surface area (Å²) in [5, 5.41) is 1.05. The maximum Gasteiger partial charge on any atom is 0.270 e. The number of amides is 2. The third-order valence-corrected chi connectivity index (χ3v) is 6.78. The molecule has 3 aromatic rings. The molecule has 0 atom stereocenters. The molecule has 33 heavy (non-hydrogen) atoms. The summed E-state index contributed by atoms with van der Waals surface area (Å²) in [6.07, 6.45) is 0. The zero-order chi connectivity index (χ0) is 22.8. The number of hydrogen-bond acceptors (Lipinski definition) is 4. The van der Waals surface area contributed by atoms with Crippen LogP contribution in [0.25, 0.3) is 10.9 Å². The number of anilines is 1.